The molecule has 3 N–H and O–H groups in total. The van der Waals surface area contributed by atoms with Crippen molar-refractivity contribution in [1.82, 2.24) is 25.3 Å². The Bertz CT molecular complexity index is 341. The molecule has 0 fully saturated rings. The van der Waals surface area contributed by atoms with Crippen molar-refractivity contribution in [3.63, 3.8) is 0 Å². The monoisotopic (exact) mass is 226 g/mol. The summed E-state index contributed by atoms with van der Waals surface area (Å²) in [6, 6.07) is 0. The van der Waals surface area contributed by atoms with Crippen LogP contribution in [0, 0.1) is 0 Å². The number of carbonyl (C=O) groups is 1. The summed E-state index contributed by atoms with van der Waals surface area (Å²) in [5.74, 6) is 0.800. The van der Waals surface area contributed by atoms with E-state index in [0.717, 1.165) is 11.3 Å². The van der Waals surface area contributed by atoms with Crippen LogP contribution < -0.4 is 5.73 Å². The maximum Gasteiger partial charge on any atom is 0.407 e. The molecule has 0 spiro atoms. The van der Waals surface area contributed by atoms with E-state index in [2.05, 4.69) is 20.4 Å². The number of hydrogen-bond acceptors (Lipinski definition) is 6. The van der Waals surface area contributed by atoms with Crippen molar-refractivity contribution < 1.29 is 9.90 Å². The van der Waals surface area contributed by atoms with E-state index in [1.807, 2.05) is 0 Å². The zero-order valence-corrected chi connectivity index (χ0v) is 9.00. The zero-order chi connectivity index (χ0) is 12.0. The zero-order valence-electron chi connectivity index (χ0n) is 9.00. The number of aryl methyl sites for hydroxylation is 1. The fraction of sp³-hybridized carbons (Fsp3) is 0.625. The van der Waals surface area contributed by atoms with Crippen molar-refractivity contribution in [2.75, 3.05) is 13.6 Å². The Hall–Kier alpha value is -1.83. The predicted molar refractivity (Wildman–Crippen MR) is 54.5 cm³/mol. The van der Waals surface area contributed by atoms with Gasteiger partial charge in [-0.3, -0.25) is 0 Å². The first kappa shape index (κ1) is 12.2. The van der Waals surface area contributed by atoms with Gasteiger partial charge in [-0.15, -0.1) is 20.4 Å². The molecule has 8 nitrogen and oxygen atoms in total. The fourth-order valence-electron chi connectivity index (χ4n) is 0.974. The molecule has 0 aliphatic carbocycles. The molecule has 0 saturated heterocycles. The predicted octanol–water partition coefficient (Wildman–Crippen LogP) is -0.732. The van der Waals surface area contributed by atoms with E-state index in [0.29, 0.717) is 18.8 Å². The third kappa shape index (κ3) is 3.73. The van der Waals surface area contributed by atoms with Crippen LogP contribution in [0.5, 0.6) is 0 Å². The molecule has 1 aromatic heterocycles. The highest BCUT2D eigenvalue weighted by molar-refractivity contribution is 5.64. The molecule has 0 radical (unpaired) electrons. The van der Waals surface area contributed by atoms with Crippen LogP contribution in [-0.2, 0) is 13.0 Å². The maximum atomic E-state index is 10.5. The number of amides is 1. The van der Waals surface area contributed by atoms with Crippen LogP contribution in [0.4, 0.5) is 4.79 Å². The lowest BCUT2D eigenvalue weighted by Crippen LogP contribution is -2.25. The lowest BCUT2D eigenvalue weighted by atomic mass is 10.3. The van der Waals surface area contributed by atoms with Crippen molar-refractivity contribution in [3.8, 4) is 0 Å². The van der Waals surface area contributed by atoms with Crippen LogP contribution >= 0.6 is 0 Å². The molecule has 16 heavy (non-hydrogen) atoms. The second-order valence-corrected chi connectivity index (χ2v) is 3.26. The topological polar surface area (TPSA) is 118 Å². The lowest BCUT2D eigenvalue weighted by Gasteiger charge is -2.10. The van der Waals surface area contributed by atoms with Gasteiger partial charge < -0.3 is 15.7 Å². The van der Waals surface area contributed by atoms with Crippen LogP contribution in [-0.4, -0.2) is 50.1 Å². The number of nitrogens with zero attached hydrogens (tertiary/aromatic N) is 5. The van der Waals surface area contributed by atoms with E-state index in [9.17, 15) is 4.79 Å². The van der Waals surface area contributed by atoms with E-state index in [1.54, 1.807) is 0 Å². The normalized spacial score (nSPS) is 10.1. The van der Waals surface area contributed by atoms with Crippen molar-refractivity contribution >= 4 is 6.09 Å². The van der Waals surface area contributed by atoms with E-state index in [1.165, 1.54) is 7.05 Å². The molecule has 8 heteroatoms. The lowest BCUT2D eigenvalue weighted by molar-refractivity contribution is 0.152. The van der Waals surface area contributed by atoms with Gasteiger partial charge in [0.1, 0.15) is 0 Å². The highest BCUT2D eigenvalue weighted by Crippen LogP contribution is 1.95. The first-order chi connectivity index (χ1) is 7.63. The van der Waals surface area contributed by atoms with Gasteiger partial charge in [-0.05, 0) is 13.0 Å². The number of hydrogen-bond donors (Lipinski definition) is 2. The maximum absolute atomic E-state index is 10.5. The second-order valence-electron chi connectivity index (χ2n) is 3.26. The van der Waals surface area contributed by atoms with Crippen LogP contribution in [0.1, 0.15) is 18.1 Å². The highest BCUT2D eigenvalue weighted by atomic mass is 16.4. The number of carboxylic acid groups (broad SMARTS) is 1. The van der Waals surface area contributed by atoms with Gasteiger partial charge in [-0.1, -0.05) is 0 Å². The molecule has 88 valence electrons. The molecular weight excluding hydrogens is 212 g/mol. The summed E-state index contributed by atoms with van der Waals surface area (Å²) in [7, 11) is 1.42. The summed E-state index contributed by atoms with van der Waals surface area (Å²) in [6.07, 6.45) is 0.360. The minimum absolute atomic E-state index is 0.0759. The average Bonchev–Trinajstić information content (AvgIpc) is 2.28. The molecule has 0 aliphatic heterocycles. The SMILES string of the molecule is CN(Cc1nnc(CCCN)nn1)C(=O)O. The number of rotatable bonds is 5. The molecular formula is C8H14N6O2. The van der Waals surface area contributed by atoms with E-state index in [4.69, 9.17) is 10.8 Å². The van der Waals surface area contributed by atoms with Crippen molar-refractivity contribution in [2.45, 2.75) is 19.4 Å². The van der Waals surface area contributed by atoms with Gasteiger partial charge in [0.25, 0.3) is 0 Å². The molecule has 0 bridgehead atoms. The van der Waals surface area contributed by atoms with E-state index in [-0.39, 0.29) is 12.4 Å². The first-order valence-electron chi connectivity index (χ1n) is 4.82. The Kier molecular flexibility index (Phi) is 4.52. The highest BCUT2D eigenvalue weighted by Gasteiger charge is 2.09. The summed E-state index contributed by atoms with van der Waals surface area (Å²) in [5.41, 5.74) is 5.34. The molecule has 1 rings (SSSR count). The van der Waals surface area contributed by atoms with Gasteiger partial charge in [0.2, 0.25) is 0 Å². The fourth-order valence-corrected chi connectivity index (χ4v) is 0.974. The van der Waals surface area contributed by atoms with Crippen molar-refractivity contribution in [1.29, 1.82) is 0 Å². The smallest absolute Gasteiger partial charge is 0.407 e. The largest absolute Gasteiger partial charge is 0.465 e. The molecule has 0 aromatic carbocycles. The van der Waals surface area contributed by atoms with Gasteiger partial charge in [0.05, 0.1) is 6.54 Å². The van der Waals surface area contributed by atoms with Crippen LogP contribution in [0.2, 0.25) is 0 Å². The second kappa shape index (κ2) is 5.91. The van der Waals surface area contributed by atoms with Crippen LogP contribution in [0.3, 0.4) is 0 Å². The minimum Gasteiger partial charge on any atom is -0.465 e. The summed E-state index contributed by atoms with van der Waals surface area (Å²) in [6.45, 7) is 0.638. The number of aromatic nitrogens is 4. The quantitative estimate of drug-likeness (QED) is 0.679. The molecule has 1 aromatic rings. The summed E-state index contributed by atoms with van der Waals surface area (Å²) >= 11 is 0. The Labute approximate surface area is 92.5 Å². The van der Waals surface area contributed by atoms with Gasteiger partial charge in [-0.2, -0.15) is 0 Å². The molecule has 0 aliphatic rings. The number of nitrogens with two attached hydrogens (primary N) is 1. The third-order valence-electron chi connectivity index (χ3n) is 1.87. The van der Waals surface area contributed by atoms with Crippen LogP contribution in [0.25, 0.3) is 0 Å². The molecule has 0 atom stereocenters. The third-order valence-corrected chi connectivity index (χ3v) is 1.87. The Morgan fingerprint density at radius 3 is 2.38 bits per heavy atom. The first-order valence-corrected chi connectivity index (χ1v) is 4.82. The van der Waals surface area contributed by atoms with Gasteiger partial charge in [0, 0.05) is 13.5 Å². The molecule has 0 unspecified atom stereocenters. The average molecular weight is 226 g/mol. The van der Waals surface area contributed by atoms with Gasteiger partial charge in [-0.25, -0.2) is 4.79 Å². The minimum atomic E-state index is -1.05. The van der Waals surface area contributed by atoms with E-state index >= 15 is 0 Å². The Morgan fingerprint density at radius 1 is 1.31 bits per heavy atom. The standard InChI is InChI=1S/C8H14N6O2/c1-14(8(15)16)5-7-12-10-6(11-13-7)3-2-4-9/h2-5,9H2,1H3,(H,15,16). The summed E-state index contributed by atoms with van der Waals surface area (Å²) in [5, 5.41) is 23.9. The summed E-state index contributed by atoms with van der Waals surface area (Å²) < 4.78 is 0. The summed E-state index contributed by atoms with van der Waals surface area (Å²) in [4.78, 5) is 11.6. The van der Waals surface area contributed by atoms with Crippen LogP contribution in [0.15, 0.2) is 0 Å². The van der Waals surface area contributed by atoms with Crippen molar-refractivity contribution in [2.24, 2.45) is 5.73 Å². The van der Waals surface area contributed by atoms with Crippen molar-refractivity contribution in [3.05, 3.63) is 11.6 Å². The molecule has 1 heterocycles. The van der Waals surface area contributed by atoms with Gasteiger partial charge in [0.15, 0.2) is 11.6 Å². The van der Waals surface area contributed by atoms with E-state index < -0.39 is 6.09 Å². The Morgan fingerprint density at radius 2 is 1.88 bits per heavy atom. The Balaban J connectivity index is 2.54. The molecule has 1 amide bonds. The molecule has 0 saturated carbocycles. The van der Waals surface area contributed by atoms with Gasteiger partial charge >= 0.3 is 6.09 Å².